The third-order valence-corrected chi connectivity index (χ3v) is 4.65. The quantitative estimate of drug-likeness (QED) is 0.917. The Morgan fingerprint density at radius 1 is 0.909 bits per heavy atom. The van der Waals surface area contributed by atoms with Crippen LogP contribution in [0.5, 0.6) is 0 Å². The van der Waals surface area contributed by atoms with Crippen molar-refractivity contribution in [1.29, 1.82) is 0 Å². The summed E-state index contributed by atoms with van der Waals surface area (Å²) in [5.74, 6) is -4.45. The third kappa shape index (κ3) is 3.86. The van der Waals surface area contributed by atoms with Crippen molar-refractivity contribution in [2.75, 3.05) is 5.75 Å². The van der Waals surface area contributed by atoms with Crippen molar-refractivity contribution in [2.45, 2.75) is 11.9 Å². The molecule has 1 N–H and O–H groups in total. The fourth-order valence-electron chi connectivity index (χ4n) is 2.02. The van der Waals surface area contributed by atoms with Crippen molar-refractivity contribution in [3.63, 3.8) is 0 Å². The first kappa shape index (κ1) is 16.5. The SMILES string of the molecule is O=S(=O)(Cc1c(F)cccc1F)CC(O)c1ccccc1F. The number of sulfone groups is 1. The minimum absolute atomic E-state index is 0.180. The highest BCUT2D eigenvalue weighted by Crippen LogP contribution is 2.22. The number of halogens is 3. The van der Waals surface area contributed by atoms with Gasteiger partial charge in [0.1, 0.15) is 17.5 Å². The first-order valence-corrected chi connectivity index (χ1v) is 8.18. The summed E-state index contributed by atoms with van der Waals surface area (Å²) in [4.78, 5) is 0. The summed E-state index contributed by atoms with van der Waals surface area (Å²) in [6, 6.07) is 8.19. The Balaban J connectivity index is 2.20. The standard InChI is InChI=1S/C15H13F3O3S/c16-12-5-2-1-4-10(12)15(19)9-22(20,21)8-11-13(17)6-3-7-14(11)18/h1-7,15,19H,8-9H2. The predicted octanol–water partition coefficient (Wildman–Crippen LogP) is 2.75. The molecule has 7 heteroatoms. The zero-order chi connectivity index (χ0) is 16.3. The Bertz CT molecular complexity index is 755. The lowest BCUT2D eigenvalue weighted by atomic mass is 10.1. The lowest BCUT2D eigenvalue weighted by Gasteiger charge is -2.13. The number of aliphatic hydroxyl groups is 1. The van der Waals surface area contributed by atoms with E-state index >= 15 is 0 Å². The average molecular weight is 330 g/mol. The normalized spacial score (nSPS) is 13.1. The highest BCUT2D eigenvalue weighted by atomic mass is 32.2. The molecule has 0 fully saturated rings. The van der Waals surface area contributed by atoms with E-state index in [4.69, 9.17) is 0 Å². The van der Waals surface area contributed by atoms with Crippen molar-refractivity contribution in [2.24, 2.45) is 0 Å². The molecule has 0 heterocycles. The second-order valence-corrected chi connectivity index (χ2v) is 6.90. The molecular formula is C15H13F3O3S. The summed E-state index contributed by atoms with van der Waals surface area (Å²) in [6.07, 6.45) is -1.61. The topological polar surface area (TPSA) is 54.4 Å². The first-order valence-electron chi connectivity index (χ1n) is 6.36. The molecule has 0 radical (unpaired) electrons. The fraction of sp³-hybridized carbons (Fsp3) is 0.200. The molecule has 0 aromatic heterocycles. The summed E-state index contributed by atoms with van der Waals surface area (Å²) in [6.45, 7) is 0. The molecule has 0 saturated carbocycles. The number of rotatable bonds is 5. The van der Waals surface area contributed by atoms with Gasteiger partial charge in [-0.1, -0.05) is 24.3 Å². The van der Waals surface area contributed by atoms with Crippen LogP contribution >= 0.6 is 0 Å². The molecule has 22 heavy (non-hydrogen) atoms. The van der Waals surface area contributed by atoms with Gasteiger partial charge in [0, 0.05) is 11.1 Å². The lowest BCUT2D eigenvalue weighted by molar-refractivity contribution is 0.196. The van der Waals surface area contributed by atoms with E-state index in [0.717, 1.165) is 24.3 Å². The van der Waals surface area contributed by atoms with Crippen molar-refractivity contribution >= 4 is 9.84 Å². The summed E-state index contributed by atoms with van der Waals surface area (Å²) in [5.41, 5.74) is -0.775. The Hall–Kier alpha value is -1.86. The zero-order valence-electron chi connectivity index (χ0n) is 11.3. The molecule has 0 aliphatic rings. The van der Waals surface area contributed by atoms with E-state index in [9.17, 15) is 26.7 Å². The summed E-state index contributed by atoms with van der Waals surface area (Å²) in [7, 11) is -4.04. The van der Waals surface area contributed by atoms with Crippen LogP contribution in [0.1, 0.15) is 17.2 Å². The lowest BCUT2D eigenvalue weighted by Crippen LogP contribution is -2.18. The van der Waals surface area contributed by atoms with E-state index in [-0.39, 0.29) is 5.56 Å². The molecule has 2 aromatic rings. The zero-order valence-corrected chi connectivity index (χ0v) is 12.2. The van der Waals surface area contributed by atoms with E-state index in [2.05, 4.69) is 0 Å². The van der Waals surface area contributed by atoms with Gasteiger partial charge in [-0.3, -0.25) is 0 Å². The van der Waals surface area contributed by atoms with Crippen LogP contribution in [0.25, 0.3) is 0 Å². The molecule has 1 atom stereocenters. The van der Waals surface area contributed by atoms with E-state index < -0.39 is 50.5 Å². The molecule has 0 bridgehead atoms. The summed E-state index contributed by atoms with van der Waals surface area (Å²) in [5, 5.41) is 9.85. The largest absolute Gasteiger partial charge is 0.387 e. The van der Waals surface area contributed by atoms with Gasteiger partial charge in [0.2, 0.25) is 0 Å². The molecule has 0 amide bonds. The second-order valence-electron chi connectivity index (χ2n) is 4.79. The van der Waals surface area contributed by atoms with Gasteiger partial charge < -0.3 is 5.11 Å². The molecule has 0 aliphatic carbocycles. The molecule has 118 valence electrons. The summed E-state index contributed by atoms with van der Waals surface area (Å²) < 4.78 is 64.4. The highest BCUT2D eigenvalue weighted by molar-refractivity contribution is 7.90. The maximum atomic E-state index is 13.5. The van der Waals surface area contributed by atoms with E-state index in [1.54, 1.807) is 0 Å². The number of hydrogen-bond acceptors (Lipinski definition) is 3. The van der Waals surface area contributed by atoms with Gasteiger partial charge in [-0.05, 0) is 18.2 Å². The van der Waals surface area contributed by atoms with E-state index in [1.165, 1.54) is 18.2 Å². The van der Waals surface area contributed by atoms with Gasteiger partial charge in [0.25, 0.3) is 0 Å². The maximum absolute atomic E-state index is 13.5. The van der Waals surface area contributed by atoms with Crippen LogP contribution in [-0.2, 0) is 15.6 Å². The van der Waals surface area contributed by atoms with Crippen LogP contribution in [0.15, 0.2) is 42.5 Å². The Kier molecular flexibility index (Phi) is 4.87. The van der Waals surface area contributed by atoms with Gasteiger partial charge in [0.15, 0.2) is 9.84 Å². The van der Waals surface area contributed by atoms with Crippen LogP contribution < -0.4 is 0 Å². The Morgan fingerprint density at radius 2 is 1.45 bits per heavy atom. The van der Waals surface area contributed by atoms with E-state index in [1.807, 2.05) is 0 Å². The minimum Gasteiger partial charge on any atom is -0.387 e. The van der Waals surface area contributed by atoms with Gasteiger partial charge in [-0.25, -0.2) is 21.6 Å². The Labute approximate surface area is 125 Å². The highest BCUT2D eigenvalue weighted by Gasteiger charge is 2.24. The van der Waals surface area contributed by atoms with E-state index in [0.29, 0.717) is 0 Å². The Morgan fingerprint density at radius 3 is 2.05 bits per heavy atom. The van der Waals surface area contributed by atoms with Crippen molar-refractivity contribution in [1.82, 2.24) is 0 Å². The van der Waals surface area contributed by atoms with Crippen LogP contribution in [0.4, 0.5) is 13.2 Å². The number of aliphatic hydroxyl groups excluding tert-OH is 1. The average Bonchev–Trinajstić information content (AvgIpc) is 2.43. The van der Waals surface area contributed by atoms with Crippen LogP contribution in [0, 0.1) is 17.5 Å². The van der Waals surface area contributed by atoms with Gasteiger partial charge in [-0.2, -0.15) is 0 Å². The molecule has 2 aromatic carbocycles. The first-order chi connectivity index (χ1) is 10.3. The van der Waals surface area contributed by atoms with Crippen LogP contribution in [0.3, 0.4) is 0 Å². The summed E-state index contributed by atoms with van der Waals surface area (Å²) >= 11 is 0. The van der Waals surface area contributed by atoms with Crippen molar-refractivity contribution in [3.8, 4) is 0 Å². The molecule has 2 rings (SSSR count). The molecule has 0 saturated heterocycles. The smallest absolute Gasteiger partial charge is 0.157 e. The molecule has 0 aliphatic heterocycles. The van der Waals surface area contributed by atoms with Crippen molar-refractivity contribution < 1.29 is 26.7 Å². The van der Waals surface area contributed by atoms with Gasteiger partial charge in [0.05, 0.1) is 17.6 Å². The molecule has 1 unspecified atom stereocenters. The molecule has 3 nitrogen and oxygen atoms in total. The minimum atomic E-state index is -4.04. The van der Waals surface area contributed by atoms with Gasteiger partial charge >= 0.3 is 0 Å². The number of hydrogen-bond donors (Lipinski definition) is 1. The van der Waals surface area contributed by atoms with Gasteiger partial charge in [-0.15, -0.1) is 0 Å². The second kappa shape index (κ2) is 6.50. The maximum Gasteiger partial charge on any atom is 0.157 e. The van der Waals surface area contributed by atoms with Crippen LogP contribution in [0.2, 0.25) is 0 Å². The third-order valence-electron chi connectivity index (χ3n) is 3.10. The van der Waals surface area contributed by atoms with Crippen LogP contribution in [-0.4, -0.2) is 19.3 Å². The fourth-order valence-corrected chi connectivity index (χ4v) is 3.52. The number of benzene rings is 2. The van der Waals surface area contributed by atoms with Crippen molar-refractivity contribution in [3.05, 3.63) is 71.0 Å². The molecule has 0 spiro atoms. The monoisotopic (exact) mass is 330 g/mol. The molecular weight excluding hydrogens is 317 g/mol. The predicted molar refractivity (Wildman–Crippen MR) is 75.2 cm³/mol.